The van der Waals surface area contributed by atoms with Crippen molar-refractivity contribution in [2.45, 2.75) is 110 Å². The molecule has 0 saturated heterocycles. The summed E-state index contributed by atoms with van der Waals surface area (Å²) in [4.78, 5) is 0. The Labute approximate surface area is 165 Å². The van der Waals surface area contributed by atoms with Gasteiger partial charge in [-0.3, -0.25) is 0 Å². The normalized spacial score (nSPS) is 11.0. The molecule has 0 heterocycles. The average molecular weight is 410 g/mol. The van der Waals surface area contributed by atoms with Gasteiger partial charge in [0.25, 0.3) is 0 Å². The largest absolute Gasteiger partial charge is 1.00 e. The van der Waals surface area contributed by atoms with E-state index >= 15 is 0 Å². The molecular formula is C21H49BrN2. The van der Waals surface area contributed by atoms with E-state index in [0.717, 1.165) is 4.48 Å². The molecule has 0 unspecified atom stereocenters. The van der Waals surface area contributed by atoms with Crippen molar-refractivity contribution < 1.29 is 21.5 Å². The summed E-state index contributed by atoms with van der Waals surface area (Å²) in [5.41, 5.74) is 0. The van der Waals surface area contributed by atoms with Gasteiger partial charge in [-0.2, -0.15) is 0 Å². The molecule has 150 valence electrons. The van der Waals surface area contributed by atoms with Gasteiger partial charge >= 0.3 is 0 Å². The fourth-order valence-corrected chi connectivity index (χ4v) is 3.13. The molecule has 3 heteroatoms. The highest BCUT2D eigenvalue weighted by Crippen LogP contribution is 2.13. The number of hydrogen-bond donors (Lipinski definition) is 1. The van der Waals surface area contributed by atoms with Gasteiger partial charge in [0.2, 0.25) is 0 Å². The van der Waals surface area contributed by atoms with Gasteiger partial charge in [-0.15, -0.1) is 0 Å². The third-order valence-corrected chi connectivity index (χ3v) is 4.68. The minimum atomic E-state index is 0. The lowest BCUT2D eigenvalue weighted by molar-refractivity contribution is -0.870. The summed E-state index contributed by atoms with van der Waals surface area (Å²) in [5, 5.41) is 0. The summed E-state index contributed by atoms with van der Waals surface area (Å²) < 4.78 is 1.12. The van der Waals surface area contributed by atoms with Crippen LogP contribution in [0.4, 0.5) is 0 Å². The summed E-state index contributed by atoms with van der Waals surface area (Å²) in [6, 6.07) is 0. The third kappa shape index (κ3) is 27.3. The average Bonchev–Trinajstić information content (AvgIpc) is 2.45. The number of unbranched alkanes of at least 4 members (excludes halogenated alkanes) is 15. The minimum Gasteiger partial charge on any atom is -1.00 e. The van der Waals surface area contributed by atoms with Crippen LogP contribution in [0.15, 0.2) is 0 Å². The van der Waals surface area contributed by atoms with Crippen LogP contribution in [0, 0.1) is 0 Å². The number of quaternary nitrogens is 1. The first-order chi connectivity index (χ1) is 10.6. The SMILES string of the molecule is CCCCCCCCCCCCCCCCCC[N+](C)(C)C.N.[Br-]. The van der Waals surface area contributed by atoms with Crippen LogP contribution in [0.5, 0.6) is 0 Å². The van der Waals surface area contributed by atoms with Gasteiger partial charge in [-0.1, -0.05) is 96.8 Å². The predicted octanol–water partition coefficient (Wildman–Crippen LogP) is 4.12. The number of halogens is 1. The molecule has 0 aromatic heterocycles. The highest BCUT2D eigenvalue weighted by Gasteiger charge is 2.04. The van der Waals surface area contributed by atoms with E-state index in [1.54, 1.807) is 0 Å². The Morgan fingerprint density at radius 2 is 0.708 bits per heavy atom. The fourth-order valence-electron chi connectivity index (χ4n) is 3.13. The van der Waals surface area contributed by atoms with Gasteiger partial charge in [0.1, 0.15) is 0 Å². The van der Waals surface area contributed by atoms with E-state index in [1.807, 2.05) is 0 Å². The summed E-state index contributed by atoms with van der Waals surface area (Å²) in [5.74, 6) is 0. The molecule has 0 rings (SSSR count). The van der Waals surface area contributed by atoms with E-state index < -0.39 is 0 Å². The summed E-state index contributed by atoms with van der Waals surface area (Å²) >= 11 is 0. The van der Waals surface area contributed by atoms with Crippen molar-refractivity contribution in [1.29, 1.82) is 0 Å². The Morgan fingerprint density at radius 1 is 0.458 bits per heavy atom. The van der Waals surface area contributed by atoms with E-state index in [9.17, 15) is 0 Å². The molecule has 0 aromatic carbocycles. The standard InChI is InChI=1S/C21H46N.BrH.H3N/c1-5-6-7-8-9-10-11-12-13-14-15-16-17-18-19-20-21-22(2,3)4;;/h5-21H2,1-4H3;1H;1H3/q+1;;/p-1. The molecule has 0 fully saturated rings. The molecule has 2 nitrogen and oxygen atoms in total. The Bertz CT molecular complexity index is 214. The van der Waals surface area contributed by atoms with E-state index in [0.29, 0.717) is 0 Å². The fraction of sp³-hybridized carbons (Fsp3) is 1.00. The molecule has 0 aliphatic heterocycles. The maximum atomic E-state index is 2.30. The molecule has 0 aliphatic carbocycles. The van der Waals surface area contributed by atoms with Crippen LogP contribution in [-0.2, 0) is 0 Å². The zero-order valence-electron chi connectivity index (χ0n) is 17.6. The summed E-state index contributed by atoms with van der Waals surface area (Å²) in [6.07, 6.45) is 23.4. The Balaban J connectivity index is -0.00000220. The second kappa shape index (κ2) is 21.4. The highest BCUT2D eigenvalue weighted by molar-refractivity contribution is 4.49. The highest BCUT2D eigenvalue weighted by atomic mass is 79.9. The molecule has 0 radical (unpaired) electrons. The maximum absolute atomic E-state index is 2.30. The van der Waals surface area contributed by atoms with Gasteiger partial charge < -0.3 is 27.6 Å². The van der Waals surface area contributed by atoms with Gasteiger partial charge in [0, 0.05) is 0 Å². The third-order valence-electron chi connectivity index (χ3n) is 4.68. The van der Waals surface area contributed by atoms with Gasteiger partial charge in [-0.05, 0) is 12.8 Å². The Morgan fingerprint density at radius 3 is 0.958 bits per heavy atom. The second-order valence-electron chi connectivity index (χ2n) is 8.32. The van der Waals surface area contributed by atoms with E-state index in [-0.39, 0.29) is 23.1 Å². The van der Waals surface area contributed by atoms with Crippen LogP contribution in [-0.4, -0.2) is 32.2 Å². The Hall–Kier alpha value is 0.400. The van der Waals surface area contributed by atoms with Crippen LogP contribution in [0.1, 0.15) is 110 Å². The van der Waals surface area contributed by atoms with Crippen LogP contribution < -0.4 is 23.1 Å². The predicted molar refractivity (Wildman–Crippen MR) is 107 cm³/mol. The van der Waals surface area contributed by atoms with Crippen LogP contribution >= 0.6 is 0 Å². The quantitative estimate of drug-likeness (QED) is 0.285. The topological polar surface area (TPSA) is 35.0 Å². The lowest BCUT2D eigenvalue weighted by Gasteiger charge is -2.23. The first kappa shape index (κ1) is 29.2. The van der Waals surface area contributed by atoms with E-state index in [2.05, 4.69) is 28.1 Å². The van der Waals surface area contributed by atoms with Crippen LogP contribution in [0.3, 0.4) is 0 Å². The number of nitrogens with zero attached hydrogens (tertiary/aromatic N) is 1. The van der Waals surface area contributed by atoms with Gasteiger partial charge in [-0.25, -0.2) is 0 Å². The molecular weight excluding hydrogens is 360 g/mol. The first-order valence-corrected chi connectivity index (χ1v) is 10.4. The van der Waals surface area contributed by atoms with E-state index in [4.69, 9.17) is 0 Å². The monoisotopic (exact) mass is 408 g/mol. The van der Waals surface area contributed by atoms with Crippen molar-refractivity contribution in [2.75, 3.05) is 27.7 Å². The van der Waals surface area contributed by atoms with Gasteiger partial charge in [0.15, 0.2) is 0 Å². The summed E-state index contributed by atoms with van der Waals surface area (Å²) in [6.45, 7) is 3.63. The zero-order chi connectivity index (χ0) is 16.5. The maximum Gasteiger partial charge on any atom is 0.0780 e. The molecule has 3 N–H and O–H groups in total. The van der Waals surface area contributed by atoms with E-state index in [1.165, 1.54) is 109 Å². The van der Waals surface area contributed by atoms with Crippen LogP contribution in [0.2, 0.25) is 0 Å². The smallest absolute Gasteiger partial charge is 0.0780 e. The number of rotatable bonds is 17. The molecule has 0 spiro atoms. The lowest BCUT2D eigenvalue weighted by Crippen LogP contribution is -3.00. The number of hydrogen-bond acceptors (Lipinski definition) is 1. The second-order valence-corrected chi connectivity index (χ2v) is 8.32. The molecule has 0 aromatic rings. The van der Waals surface area contributed by atoms with Crippen molar-refractivity contribution >= 4 is 0 Å². The van der Waals surface area contributed by atoms with Crippen molar-refractivity contribution in [3.05, 3.63) is 0 Å². The molecule has 0 saturated carbocycles. The van der Waals surface area contributed by atoms with Crippen molar-refractivity contribution in [1.82, 2.24) is 6.15 Å². The molecule has 0 atom stereocenters. The van der Waals surface area contributed by atoms with Crippen molar-refractivity contribution in [3.63, 3.8) is 0 Å². The van der Waals surface area contributed by atoms with Crippen LogP contribution in [0.25, 0.3) is 0 Å². The van der Waals surface area contributed by atoms with Crippen molar-refractivity contribution in [3.8, 4) is 0 Å². The molecule has 0 amide bonds. The molecule has 0 bridgehead atoms. The Kier molecular flexibility index (Phi) is 26.1. The van der Waals surface area contributed by atoms with Crippen molar-refractivity contribution in [2.24, 2.45) is 0 Å². The zero-order valence-corrected chi connectivity index (χ0v) is 19.1. The minimum absolute atomic E-state index is 0. The summed E-state index contributed by atoms with van der Waals surface area (Å²) in [7, 11) is 6.89. The molecule has 0 aliphatic rings. The molecule has 24 heavy (non-hydrogen) atoms. The first-order valence-electron chi connectivity index (χ1n) is 10.4. The lowest BCUT2D eigenvalue weighted by atomic mass is 10.0. The van der Waals surface area contributed by atoms with Gasteiger partial charge in [0.05, 0.1) is 27.7 Å².